The van der Waals surface area contributed by atoms with Crippen LogP contribution in [0.3, 0.4) is 0 Å². The predicted octanol–water partition coefficient (Wildman–Crippen LogP) is 5.54. The second-order valence-electron chi connectivity index (χ2n) is 9.40. The first-order valence-electron chi connectivity index (χ1n) is 12.4. The van der Waals surface area contributed by atoms with Gasteiger partial charge in [-0.1, -0.05) is 24.2 Å². The van der Waals surface area contributed by atoms with Gasteiger partial charge in [0.05, 0.1) is 6.67 Å². The molecule has 0 radical (unpaired) electrons. The Morgan fingerprint density at radius 2 is 1.94 bits per heavy atom. The fraction of sp³-hybridized carbons (Fsp3) is 0.500. The summed E-state index contributed by atoms with van der Waals surface area (Å²) in [5, 5.41) is 12.4. The quantitative estimate of drug-likeness (QED) is 0.235. The Morgan fingerprint density at radius 3 is 2.71 bits per heavy atom. The smallest absolute Gasteiger partial charge is 0.253 e. The lowest BCUT2D eigenvalue weighted by Crippen LogP contribution is -2.33. The van der Waals surface area contributed by atoms with Gasteiger partial charge in [-0.15, -0.1) is 10.2 Å². The maximum atomic E-state index is 13.1. The fourth-order valence-corrected chi connectivity index (χ4v) is 4.01. The van der Waals surface area contributed by atoms with E-state index >= 15 is 0 Å². The molecule has 5 rings (SSSR count). The number of halogens is 1. The molecule has 0 saturated heterocycles. The third-order valence-corrected chi connectivity index (χ3v) is 6.41. The Hall–Kier alpha value is -3.36. The van der Waals surface area contributed by atoms with Gasteiger partial charge in [0.25, 0.3) is 5.91 Å². The fourth-order valence-electron chi connectivity index (χ4n) is 4.01. The number of aryl methyl sites for hydroxylation is 1. The van der Waals surface area contributed by atoms with Crippen LogP contribution in [0.25, 0.3) is 11.5 Å². The minimum atomic E-state index is -0.614. The molecule has 0 aliphatic heterocycles. The summed E-state index contributed by atoms with van der Waals surface area (Å²) in [4.78, 5) is 19.3. The van der Waals surface area contributed by atoms with Crippen molar-refractivity contribution in [3.8, 4) is 11.5 Å². The van der Waals surface area contributed by atoms with E-state index in [4.69, 9.17) is 8.94 Å². The van der Waals surface area contributed by atoms with Crippen molar-refractivity contribution in [3.63, 3.8) is 0 Å². The van der Waals surface area contributed by atoms with Gasteiger partial charge in [0.1, 0.15) is 0 Å². The van der Waals surface area contributed by atoms with Gasteiger partial charge in [-0.05, 0) is 56.7 Å². The van der Waals surface area contributed by atoms with Gasteiger partial charge in [-0.2, -0.15) is 4.98 Å². The zero-order chi connectivity index (χ0) is 24.2. The lowest BCUT2D eigenvalue weighted by atomic mass is 10.1. The third kappa shape index (κ3) is 5.83. The molecule has 0 bridgehead atoms. The van der Waals surface area contributed by atoms with Crippen LogP contribution >= 0.6 is 0 Å². The van der Waals surface area contributed by atoms with Crippen LogP contribution in [-0.4, -0.2) is 39.5 Å². The summed E-state index contributed by atoms with van der Waals surface area (Å²) < 4.78 is 24.1. The Balaban J connectivity index is 1.22. The molecule has 0 spiro atoms. The Morgan fingerprint density at radius 1 is 1.11 bits per heavy atom. The molecule has 0 unspecified atom stereocenters. The van der Waals surface area contributed by atoms with Crippen LogP contribution < -0.4 is 4.90 Å². The number of amides is 1. The molecule has 2 aromatic heterocycles. The highest BCUT2D eigenvalue weighted by atomic mass is 19.1. The summed E-state index contributed by atoms with van der Waals surface area (Å²) in [6.45, 7) is 3.68. The number of unbranched alkanes of at least 4 members (excludes halogenated alkanes) is 2. The average Bonchev–Trinajstić information content (AvgIpc) is 3.81. The van der Waals surface area contributed by atoms with Crippen molar-refractivity contribution in [1.82, 2.24) is 20.3 Å². The van der Waals surface area contributed by atoms with Crippen molar-refractivity contribution in [1.29, 1.82) is 0 Å². The molecule has 35 heavy (non-hydrogen) atoms. The largest absolute Gasteiger partial charge is 0.420 e. The number of carbonyl (C=O) groups is 1. The van der Waals surface area contributed by atoms with Crippen molar-refractivity contribution in [2.24, 2.45) is 0 Å². The second-order valence-corrected chi connectivity index (χ2v) is 9.40. The molecule has 1 aromatic carbocycles. The summed E-state index contributed by atoms with van der Waals surface area (Å²) in [5.74, 6) is 3.19. The Labute approximate surface area is 203 Å². The first-order chi connectivity index (χ1) is 17.1. The highest BCUT2D eigenvalue weighted by Gasteiger charge is 2.30. The van der Waals surface area contributed by atoms with Crippen LogP contribution in [0, 0.1) is 0 Å². The SMILES string of the molecule is C=C(CCF)C(=O)N(CCCCCc1nc(C2CC2)no1)c1cccc(-c2nnc(C3CC3)o2)c1. The molecule has 184 valence electrons. The molecule has 2 fully saturated rings. The average molecular weight is 480 g/mol. The third-order valence-electron chi connectivity index (χ3n) is 6.41. The molecule has 3 aromatic rings. The minimum Gasteiger partial charge on any atom is -0.420 e. The van der Waals surface area contributed by atoms with E-state index in [1.54, 1.807) is 4.90 Å². The van der Waals surface area contributed by atoms with Gasteiger partial charge in [-0.25, -0.2) is 0 Å². The summed E-state index contributed by atoms with van der Waals surface area (Å²) in [5.41, 5.74) is 1.70. The molecule has 2 aliphatic rings. The Bertz CT molecular complexity index is 1180. The number of benzene rings is 1. The first kappa shape index (κ1) is 23.4. The number of alkyl halides is 1. The second kappa shape index (κ2) is 10.5. The van der Waals surface area contributed by atoms with E-state index in [9.17, 15) is 9.18 Å². The normalized spacial score (nSPS) is 15.3. The van der Waals surface area contributed by atoms with E-state index in [-0.39, 0.29) is 17.9 Å². The summed E-state index contributed by atoms with van der Waals surface area (Å²) in [7, 11) is 0. The minimum absolute atomic E-state index is 0.0178. The number of aromatic nitrogens is 4. The lowest BCUT2D eigenvalue weighted by Gasteiger charge is -2.24. The van der Waals surface area contributed by atoms with E-state index in [1.807, 2.05) is 24.3 Å². The van der Waals surface area contributed by atoms with Gasteiger partial charge in [0.2, 0.25) is 17.7 Å². The number of hydrogen-bond acceptors (Lipinski definition) is 7. The highest BCUT2D eigenvalue weighted by Crippen LogP contribution is 2.40. The monoisotopic (exact) mass is 479 g/mol. The topological polar surface area (TPSA) is 98.2 Å². The molecular weight excluding hydrogens is 449 g/mol. The number of nitrogens with zero attached hydrogens (tertiary/aromatic N) is 5. The van der Waals surface area contributed by atoms with E-state index < -0.39 is 6.67 Å². The number of hydrogen-bond donors (Lipinski definition) is 0. The van der Waals surface area contributed by atoms with Gasteiger partial charge in [0.15, 0.2) is 5.82 Å². The van der Waals surface area contributed by atoms with Gasteiger partial charge in [0, 0.05) is 48.0 Å². The molecule has 2 saturated carbocycles. The highest BCUT2D eigenvalue weighted by molar-refractivity contribution is 6.05. The van der Waals surface area contributed by atoms with Gasteiger partial charge < -0.3 is 13.8 Å². The molecule has 9 heteroatoms. The van der Waals surface area contributed by atoms with Crippen LogP contribution in [0.15, 0.2) is 45.4 Å². The molecule has 0 atom stereocenters. The molecule has 2 aliphatic carbocycles. The zero-order valence-corrected chi connectivity index (χ0v) is 19.8. The van der Waals surface area contributed by atoms with Gasteiger partial charge >= 0.3 is 0 Å². The van der Waals surface area contributed by atoms with E-state index in [0.29, 0.717) is 41.7 Å². The maximum absolute atomic E-state index is 13.1. The van der Waals surface area contributed by atoms with E-state index in [1.165, 1.54) is 0 Å². The van der Waals surface area contributed by atoms with Crippen LogP contribution in [0.1, 0.15) is 80.8 Å². The van der Waals surface area contributed by atoms with Crippen molar-refractivity contribution < 1.29 is 18.1 Å². The van der Waals surface area contributed by atoms with Crippen molar-refractivity contribution in [2.45, 2.75) is 69.6 Å². The van der Waals surface area contributed by atoms with E-state index in [2.05, 4.69) is 26.9 Å². The molecule has 0 N–H and O–H groups in total. The summed E-state index contributed by atoms with van der Waals surface area (Å²) in [6.07, 6.45) is 7.72. The summed E-state index contributed by atoms with van der Waals surface area (Å²) in [6, 6.07) is 7.46. The van der Waals surface area contributed by atoms with Crippen LogP contribution in [0.5, 0.6) is 0 Å². The number of anilines is 1. The van der Waals surface area contributed by atoms with Crippen molar-refractivity contribution in [3.05, 3.63) is 54.0 Å². The van der Waals surface area contributed by atoms with Crippen molar-refractivity contribution >= 4 is 11.6 Å². The van der Waals surface area contributed by atoms with E-state index in [0.717, 1.165) is 62.8 Å². The predicted molar refractivity (Wildman–Crippen MR) is 128 cm³/mol. The van der Waals surface area contributed by atoms with Crippen LogP contribution in [-0.2, 0) is 11.2 Å². The molecule has 8 nitrogen and oxygen atoms in total. The molecular formula is C26H30FN5O3. The van der Waals surface area contributed by atoms with Crippen LogP contribution in [0.2, 0.25) is 0 Å². The number of rotatable bonds is 13. The number of carbonyl (C=O) groups excluding carboxylic acids is 1. The molecule has 2 heterocycles. The Kier molecular flexibility index (Phi) is 7.01. The van der Waals surface area contributed by atoms with Crippen molar-refractivity contribution in [2.75, 3.05) is 18.1 Å². The van der Waals surface area contributed by atoms with Crippen LogP contribution in [0.4, 0.5) is 10.1 Å². The molecule has 1 amide bonds. The standard InChI is InChI=1S/C26H30FN5O3/c1-17(13-14-27)26(33)32(15-4-2-3-8-22-28-23(31-35-22)18-9-10-18)21-7-5-6-20(16-21)25-30-29-24(34-25)19-11-12-19/h5-7,16,18-19H,1-4,8-15H2. The lowest BCUT2D eigenvalue weighted by molar-refractivity contribution is -0.115. The summed E-state index contributed by atoms with van der Waals surface area (Å²) >= 11 is 0. The first-order valence-corrected chi connectivity index (χ1v) is 12.4. The van der Waals surface area contributed by atoms with Gasteiger partial charge in [-0.3, -0.25) is 9.18 Å². The zero-order valence-electron chi connectivity index (χ0n) is 19.8. The maximum Gasteiger partial charge on any atom is 0.253 e.